The van der Waals surface area contributed by atoms with Crippen molar-refractivity contribution in [1.29, 1.82) is 0 Å². The molecule has 9 heteroatoms. The number of thiocarbonyl (C=S) groups is 1. The normalized spacial score (nSPS) is 14.6. The number of halogens is 1. The highest BCUT2D eigenvalue weighted by Gasteiger charge is 2.26. The van der Waals surface area contributed by atoms with Crippen LogP contribution in [-0.4, -0.2) is 51.9 Å². The number of nitrogens with zero attached hydrogens (tertiary/aromatic N) is 4. The molecule has 1 fully saturated rings. The van der Waals surface area contributed by atoms with Gasteiger partial charge in [-0.15, -0.1) is 0 Å². The Kier molecular flexibility index (Phi) is 4.96. The molecule has 1 aliphatic rings. The van der Waals surface area contributed by atoms with Gasteiger partial charge in [-0.3, -0.25) is 19.7 Å². The summed E-state index contributed by atoms with van der Waals surface area (Å²) in [5.41, 5.74) is 0.180. The van der Waals surface area contributed by atoms with Crippen LogP contribution in [0.15, 0.2) is 30.6 Å². The minimum atomic E-state index is -0.385. The average Bonchev–Trinajstić information content (AvgIpc) is 2.94. The third-order valence-electron chi connectivity index (χ3n) is 3.82. The molecule has 0 atom stereocenters. The highest BCUT2D eigenvalue weighted by atomic mass is 35.5. The van der Waals surface area contributed by atoms with E-state index in [1.807, 2.05) is 29.3 Å². The quantitative estimate of drug-likeness (QED) is 0.794. The van der Waals surface area contributed by atoms with Crippen LogP contribution >= 0.6 is 23.8 Å². The predicted molar refractivity (Wildman–Crippen MR) is 95.1 cm³/mol. The molecule has 126 valence electrons. The minimum absolute atomic E-state index is 0.180. The van der Waals surface area contributed by atoms with Crippen LogP contribution in [0.3, 0.4) is 0 Å². The fourth-order valence-corrected chi connectivity index (χ4v) is 3.12. The molecule has 3 rings (SSSR count). The number of hydrogen-bond donors (Lipinski definition) is 1. The Labute approximate surface area is 150 Å². The summed E-state index contributed by atoms with van der Waals surface area (Å²) in [4.78, 5) is 19.7. The van der Waals surface area contributed by atoms with E-state index in [-0.39, 0.29) is 11.6 Å². The first-order chi connectivity index (χ1) is 11.5. The summed E-state index contributed by atoms with van der Waals surface area (Å²) in [5.74, 6) is 0.691. The highest BCUT2D eigenvalue weighted by molar-refractivity contribution is 7.80. The second-order valence-electron chi connectivity index (χ2n) is 5.48. The Morgan fingerprint density at radius 1 is 1.33 bits per heavy atom. The van der Waals surface area contributed by atoms with Gasteiger partial charge in [-0.1, -0.05) is 17.7 Å². The van der Waals surface area contributed by atoms with Crippen molar-refractivity contribution in [3.63, 3.8) is 0 Å². The number of piperazine rings is 1. The lowest BCUT2D eigenvalue weighted by Gasteiger charge is -2.32. The number of aryl methyl sites for hydroxylation is 1. The maximum Gasteiger partial charge on any atom is 0.279 e. The van der Waals surface area contributed by atoms with E-state index in [1.165, 1.54) is 4.68 Å². The summed E-state index contributed by atoms with van der Waals surface area (Å²) in [5, 5.41) is 7.46. The SMILES string of the molecule is Cn1cc(Cl)c(C(=O)NC(=S)N2CCN(c3cccc[nH+]3)CC2)n1. The molecule has 0 aliphatic carbocycles. The van der Waals surface area contributed by atoms with E-state index in [9.17, 15) is 4.79 Å². The van der Waals surface area contributed by atoms with Gasteiger partial charge in [-0.2, -0.15) is 5.10 Å². The van der Waals surface area contributed by atoms with E-state index < -0.39 is 0 Å². The standard InChI is InChI=1S/C15H17ClN6OS/c1-20-10-11(16)13(19-20)14(23)18-15(24)22-8-6-21(7-9-22)12-4-2-3-5-17-12/h2-5,10H,6-9H2,1H3,(H,18,23,24)/p+1. The van der Waals surface area contributed by atoms with Crippen molar-refractivity contribution in [1.82, 2.24) is 20.0 Å². The van der Waals surface area contributed by atoms with Crippen LogP contribution in [-0.2, 0) is 7.05 Å². The van der Waals surface area contributed by atoms with Gasteiger partial charge < -0.3 is 4.90 Å². The monoisotopic (exact) mass is 365 g/mol. The second kappa shape index (κ2) is 7.14. The van der Waals surface area contributed by atoms with E-state index in [4.69, 9.17) is 23.8 Å². The van der Waals surface area contributed by atoms with Crippen molar-refractivity contribution in [3.05, 3.63) is 41.3 Å². The number of rotatable bonds is 2. The molecule has 0 radical (unpaired) electrons. The van der Waals surface area contributed by atoms with Gasteiger partial charge in [0.1, 0.15) is 13.1 Å². The largest absolute Gasteiger partial charge is 0.341 e. The van der Waals surface area contributed by atoms with E-state index >= 15 is 0 Å². The Bertz CT molecular complexity index is 742. The van der Waals surface area contributed by atoms with Gasteiger partial charge in [0.25, 0.3) is 11.7 Å². The number of nitrogens with one attached hydrogen (secondary N) is 2. The van der Waals surface area contributed by atoms with Crippen molar-refractivity contribution in [2.24, 2.45) is 7.05 Å². The zero-order chi connectivity index (χ0) is 17.1. The fraction of sp³-hybridized carbons (Fsp3) is 0.333. The molecule has 0 saturated carbocycles. The van der Waals surface area contributed by atoms with E-state index in [0.29, 0.717) is 10.1 Å². The summed E-state index contributed by atoms with van der Waals surface area (Å²) < 4.78 is 1.50. The number of aromatic nitrogens is 3. The highest BCUT2D eigenvalue weighted by Crippen LogP contribution is 2.13. The molecular weight excluding hydrogens is 348 g/mol. The summed E-state index contributed by atoms with van der Waals surface area (Å²) in [6.07, 6.45) is 3.48. The number of hydrogen-bond acceptors (Lipinski definition) is 4. The molecule has 0 spiro atoms. The third-order valence-corrected chi connectivity index (χ3v) is 4.46. The molecule has 2 aromatic rings. The van der Waals surface area contributed by atoms with Crippen LogP contribution in [0.2, 0.25) is 5.02 Å². The van der Waals surface area contributed by atoms with Gasteiger partial charge in [-0.05, 0) is 18.3 Å². The smallest absolute Gasteiger partial charge is 0.279 e. The van der Waals surface area contributed by atoms with Gasteiger partial charge in [0.15, 0.2) is 10.8 Å². The molecular formula is C15H18ClN6OS+. The minimum Gasteiger partial charge on any atom is -0.341 e. The van der Waals surface area contributed by atoms with Gasteiger partial charge in [0.2, 0.25) is 0 Å². The molecule has 1 saturated heterocycles. The van der Waals surface area contributed by atoms with Crippen LogP contribution in [0, 0.1) is 0 Å². The van der Waals surface area contributed by atoms with Crippen molar-refractivity contribution < 1.29 is 9.78 Å². The number of amides is 1. The molecule has 1 aliphatic heterocycles. The summed E-state index contributed by atoms with van der Waals surface area (Å²) in [7, 11) is 1.71. The van der Waals surface area contributed by atoms with Crippen LogP contribution in [0.5, 0.6) is 0 Å². The average molecular weight is 366 g/mol. The Morgan fingerprint density at radius 3 is 2.67 bits per heavy atom. The molecule has 3 heterocycles. The first-order valence-corrected chi connectivity index (χ1v) is 8.34. The van der Waals surface area contributed by atoms with E-state index in [2.05, 4.69) is 20.3 Å². The van der Waals surface area contributed by atoms with Crippen LogP contribution in [0.4, 0.5) is 5.82 Å². The van der Waals surface area contributed by atoms with Crippen LogP contribution in [0.25, 0.3) is 0 Å². The van der Waals surface area contributed by atoms with Gasteiger partial charge in [0, 0.05) is 19.3 Å². The molecule has 0 bridgehead atoms. The van der Waals surface area contributed by atoms with Gasteiger partial charge in [0.05, 0.1) is 24.3 Å². The Balaban J connectivity index is 1.55. The lowest BCUT2D eigenvalue weighted by molar-refractivity contribution is -0.364. The molecule has 24 heavy (non-hydrogen) atoms. The third kappa shape index (κ3) is 3.65. The first-order valence-electron chi connectivity index (χ1n) is 7.55. The number of anilines is 1. The Morgan fingerprint density at radius 2 is 2.08 bits per heavy atom. The second-order valence-corrected chi connectivity index (χ2v) is 6.27. The molecule has 0 aromatic carbocycles. The Hall–Kier alpha value is -2.19. The zero-order valence-corrected chi connectivity index (χ0v) is 14.8. The fourth-order valence-electron chi connectivity index (χ4n) is 2.58. The first kappa shape index (κ1) is 16.7. The van der Waals surface area contributed by atoms with Crippen LogP contribution < -0.4 is 15.2 Å². The number of carbonyl (C=O) groups is 1. The molecule has 2 aromatic heterocycles. The number of aromatic amines is 1. The number of pyridine rings is 1. The number of carbonyl (C=O) groups excluding carboxylic acids is 1. The van der Waals surface area contributed by atoms with Crippen LogP contribution in [0.1, 0.15) is 10.5 Å². The maximum atomic E-state index is 12.2. The lowest BCUT2D eigenvalue weighted by Crippen LogP contribution is -2.53. The molecule has 7 nitrogen and oxygen atoms in total. The van der Waals surface area contributed by atoms with Gasteiger partial charge >= 0.3 is 0 Å². The molecule has 1 amide bonds. The predicted octanol–water partition coefficient (Wildman–Crippen LogP) is 0.724. The lowest BCUT2D eigenvalue weighted by atomic mass is 10.3. The number of H-pyrrole nitrogens is 1. The molecule has 2 N–H and O–H groups in total. The van der Waals surface area contributed by atoms with Gasteiger partial charge in [-0.25, -0.2) is 4.98 Å². The topological polar surface area (TPSA) is 67.5 Å². The van der Waals surface area contributed by atoms with Crippen molar-refractivity contribution >= 4 is 40.7 Å². The summed E-state index contributed by atoms with van der Waals surface area (Å²) in [6, 6.07) is 5.99. The maximum absolute atomic E-state index is 12.2. The zero-order valence-electron chi connectivity index (χ0n) is 13.2. The van der Waals surface area contributed by atoms with E-state index in [1.54, 1.807) is 13.2 Å². The van der Waals surface area contributed by atoms with Crippen molar-refractivity contribution in [3.8, 4) is 0 Å². The van der Waals surface area contributed by atoms with Crippen molar-refractivity contribution in [2.45, 2.75) is 0 Å². The summed E-state index contributed by atoms with van der Waals surface area (Å²) in [6.45, 7) is 3.11. The molecule has 0 unspecified atom stereocenters. The van der Waals surface area contributed by atoms with Crippen molar-refractivity contribution in [2.75, 3.05) is 31.1 Å². The summed E-state index contributed by atoms with van der Waals surface area (Å²) >= 11 is 11.3. The van der Waals surface area contributed by atoms with E-state index in [0.717, 1.165) is 32.0 Å².